The highest BCUT2D eigenvalue weighted by Gasteiger charge is 2.27. The third-order valence-corrected chi connectivity index (χ3v) is 5.89. The van der Waals surface area contributed by atoms with Crippen molar-refractivity contribution in [2.24, 2.45) is 5.73 Å². The maximum atomic E-state index is 13.6. The van der Waals surface area contributed by atoms with Crippen LogP contribution in [0.1, 0.15) is 66.8 Å². The van der Waals surface area contributed by atoms with Crippen LogP contribution < -0.4 is 16.6 Å². The average molecular weight is 419 g/mol. The van der Waals surface area contributed by atoms with Gasteiger partial charge in [-0.15, -0.1) is 0 Å². The van der Waals surface area contributed by atoms with E-state index in [9.17, 15) is 9.59 Å². The molecule has 0 fully saturated rings. The first-order valence-electron chi connectivity index (χ1n) is 10.6. The summed E-state index contributed by atoms with van der Waals surface area (Å²) < 4.78 is 1.64. The zero-order valence-corrected chi connectivity index (χ0v) is 17.7. The van der Waals surface area contributed by atoms with Crippen molar-refractivity contribution in [1.29, 1.82) is 0 Å². The van der Waals surface area contributed by atoms with Crippen LogP contribution in [-0.4, -0.2) is 25.4 Å². The Morgan fingerprint density at radius 2 is 2.19 bits per heavy atom. The SMILES string of the molecule is CCC(C)n1c(NC2CCCc3ncncc32)c(C(N)=O)cc(-c2ccccn2)c1=O. The van der Waals surface area contributed by atoms with Crippen LogP contribution in [0, 0.1) is 0 Å². The Kier molecular flexibility index (Phi) is 5.79. The number of nitrogens with zero attached hydrogens (tertiary/aromatic N) is 4. The fourth-order valence-corrected chi connectivity index (χ4v) is 4.09. The van der Waals surface area contributed by atoms with Crippen molar-refractivity contribution in [2.45, 2.75) is 51.6 Å². The van der Waals surface area contributed by atoms with Crippen LogP contribution >= 0.6 is 0 Å². The molecular weight excluding hydrogens is 392 g/mol. The maximum absolute atomic E-state index is 13.6. The minimum atomic E-state index is -0.600. The third-order valence-electron chi connectivity index (χ3n) is 5.89. The molecule has 3 N–H and O–H groups in total. The fourth-order valence-electron chi connectivity index (χ4n) is 4.09. The molecule has 31 heavy (non-hydrogen) atoms. The van der Waals surface area contributed by atoms with E-state index in [0.717, 1.165) is 30.5 Å². The number of primary amides is 1. The standard InChI is InChI=1S/C23H26N6O2/c1-3-14(2)29-22(28-20-9-6-8-19-17(20)12-25-13-27-19)16(21(24)30)11-15(23(29)31)18-7-4-5-10-26-18/h4-5,7,10-14,20,28H,3,6,8-9H2,1-2H3,(H2,24,30). The van der Waals surface area contributed by atoms with Crippen molar-refractivity contribution < 1.29 is 4.79 Å². The Morgan fingerprint density at radius 1 is 1.35 bits per heavy atom. The van der Waals surface area contributed by atoms with E-state index in [1.54, 1.807) is 41.5 Å². The predicted octanol–water partition coefficient (Wildman–Crippen LogP) is 3.26. The van der Waals surface area contributed by atoms with Gasteiger partial charge in [0.2, 0.25) is 0 Å². The molecule has 0 saturated carbocycles. The van der Waals surface area contributed by atoms with Gasteiger partial charge < -0.3 is 11.1 Å². The lowest BCUT2D eigenvalue weighted by atomic mass is 9.92. The first-order valence-corrected chi connectivity index (χ1v) is 10.6. The van der Waals surface area contributed by atoms with Crippen LogP contribution in [0.4, 0.5) is 5.82 Å². The molecule has 3 heterocycles. The Morgan fingerprint density at radius 3 is 2.90 bits per heavy atom. The summed E-state index contributed by atoms with van der Waals surface area (Å²) in [6, 6.07) is 6.64. The minimum absolute atomic E-state index is 0.113. The minimum Gasteiger partial charge on any atom is -0.365 e. The third kappa shape index (κ3) is 3.93. The molecular formula is C23H26N6O2. The Hall–Kier alpha value is -3.55. The van der Waals surface area contributed by atoms with Gasteiger partial charge in [0.05, 0.1) is 22.9 Å². The predicted molar refractivity (Wildman–Crippen MR) is 119 cm³/mol. The topological polar surface area (TPSA) is 116 Å². The number of carbonyl (C=O) groups excluding carboxylic acids is 1. The molecule has 4 rings (SSSR count). The van der Waals surface area contributed by atoms with Crippen LogP contribution in [0.25, 0.3) is 11.3 Å². The second kappa shape index (κ2) is 8.67. The molecule has 1 aliphatic carbocycles. The van der Waals surface area contributed by atoms with Crippen molar-refractivity contribution in [2.75, 3.05) is 5.32 Å². The zero-order valence-electron chi connectivity index (χ0n) is 17.7. The van der Waals surface area contributed by atoms with Crippen molar-refractivity contribution in [3.63, 3.8) is 0 Å². The first kappa shape index (κ1) is 20.7. The molecule has 1 aliphatic rings. The largest absolute Gasteiger partial charge is 0.365 e. The van der Waals surface area contributed by atoms with E-state index < -0.39 is 5.91 Å². The van der Waals surface area contributed by atoms with Gasteiger partial charge in [-0.25, -0.2) is 9.97 Å². The highest BCUT2D eigenvalue weighted by Crippen LogP contribution is 2.33. The number of fused-ring (bicyclic) bond motifs is 1. The monoisotopic (exact) mass is 418 g/mol. The molecule has 0 radical (unpaired) electrons. The maximum Gasteiger partial charge on any atom is 0.261 e. The lowest BCUT2D eigenvalue weighted by Gasteiger charge is -2.30. The first-order chi connectivity index (χ1) is 15.0. The van der Waals surface area contributed by atoms with Crippen molar-refractivity contribution in [3.05, 3.63) is 70.2 Å². The highest BCUT2D eigenvalue weighted by atomic mass is 16.1. The zero-order chi connectivity index (χ0) is 22.0. The van der Waals surface area contributed by atoms with Crippen molar-refractivity contribution in [1.82, 2.24) is 19.5 Å². The number of anilines is 1. The molecule has 0 aliphatic heterocycles. The molecule has 160 valence electrons. The second-order valence-electron chi connectivity index (χ2n) is 7.85. The summed E-state index contributed by atoms with van der Waals surface area (Å²) in [5, 5.41) is 3.45. The molecule has 0 aromatic carbocycles. The van der Waals surface area contributed by atoms with E-state index in [-0.39, 0.29) is 23.2 Å². The second-order valence-corrected chi connectivity index (χ2v) is 7.85. The number of nitrogens with one attached hydrogen (secondary N) is 1. The van der Waals surface area contributed by atoms with Gasteiger partial charge in [0, 0.05) is 29.7 Å². The van der Waals surface area contributed by atoms with Crippen LogP contribution in [-0.2, 0) is 6.42 Å². The number of nitrogens with two attached hydrogens (primary N) is 1. The van der Waals surface area contributed by atoms with Gasteiger partial charge >= 0.3 is 0 Å². The van der Waals surface area contributed by atoms with Gasteiger partial charge in [-0.3, -0.25) is 19.1 Å². The average Bonchev–Trinajstić information content (AvgIpc) is 2.79. The number of hydrogen-bond donors (Lipinski definition) is 2. The van der Waals surface area contributed by atoms with E-state index in [2.05, 4.69) is 20.3 Å². The molecule has 2 unspecified atom stereocenters. The number of carbonyl (C=O) groups is 1. The summed E-state index contributed by atoms with van der Waals surface area (Å²) in [6.07, 6.45) is 8.36. The number of rotatable bonds is 6. The van der Waals surface area contributed by atoms with Crippen molar-refractivity contribution >= 4 is 11.7 Å². The van der Waals surface area contributed by atoms with E-state index >= 15 is 0 Å². The van der Waals surface area contributed by atoms with E-state index in [1.807, 2.05) is 19.9 Å². The number of amides is 1. The van der Waals surface area contributed by atoms with Crippen molar-refractivity contribution in [3.8, 4) is 11.3 Å². The van der Waals surface area contributed by atoms with Gasteiger partial charge in [0.25, 0.3) is 11.5 Å². The fraction of sp³-hybridized carbons (Fsp3) is 0.348. The summed E-state index contributed by atoms with van der Waals surface area (Å²) in [6.45, 7) is 3.96. The number of hydrogen-bond acceptors (Lipinski definition) is 6. The highest BCUT2D eigenvalue weighted by molar-refractivity contribution is 5.99. The van der Waals surface area contributed by atoms with Gasteiger partial charge in [0.1, 0.15) is 12.1 Å². The lowest BCUT2D eigenvalue weighted by molar-refractivity contribution is 0.1000. The molecule has 8 heteroatoms. The summed E-state index contributed by atoms with van der Waals surface area (Å²) >= 11 is 0. The van der Waals surface area contributed by atoms with E-state index in [4.69, 9.17) is 5.73 Å². The number of pyridine rings is 2. The molecule has 3 aromatic rings. The molecule has 2 atom stereocenters. The molecule has 0 saturated heterocycles. The summed E-state index contributed by atoms with van der Waals surface area (Å²) in [4.78, 5) is 38.9. The molecule has 1 amide bonds. The van der Waals surface area contributed by atoms with E-state index in [0.29, 0.717) is 23.5 Å². The molecule has 0 bridgehead atoms. The summed E-state index contributed by atoms with van der Waals surface area (Å²) in [5.41, 5.74) is 8.68. The van der Waals surface area contributed by atoms with Gasteiger partial charge in [-0.1, -0.05) is 13.0 Å². The lowest BCUT2D eigenvalue weighted by Crippen LogP contribution is -2.32. The summed E-state index contributed by atoms with van der Waals surface area (Å²) in [5.74, 6) is -0.162. The number of aromatic nitrogens is 4. The smallest absolute Gasteiger partial charge is 0.261 e. The quantitative estimate of drug-likeness (QED) is 0.635. The van der Waals surface area contributed by atoms with Gasteiger partial charge in [0.15, 0.2) is 0 Å². The van der Waals surface area contributed by atoms with Crippen LogP contribution in [0.5, 0.6) is 0 Å². The summed E-state index contributed by atoms with van der Waals surface area (Å²) in [7, 11) is 0. The van der Waals surface area contributed by atoms with Gasteiger partial charge in [-0.2, -0.15) is 0 Å². The number of aryl methyl sites for hydroxylation is 1. The normalized spacial score (nSPS) is 16.4. The van der Waals surface area contributed by atoms with Crippen LogP contribution in [0.15, 0.2) is 47.8 Å². The van der Waals surface area contributed by atoms with Crippen LogP contribution in [0.2, 0.25) is 0 Å². The molecule has 3 aromatic heterocycles. The Bertz CT molecular complexity index is 1160. The Labute approximate surface area is 180 Å². The molecule has 8 nitrogen and oxygen atoms in total. The Balaban J connectivity index is 1.90. The molecule has 0 spiro atoms. The van der Waals surface area contributed by atoms with Gasteiger partial charge in [-0.05, 0) is 50.8 Å². The van der Waals surface area contributed by atoms with E-state index in [1.165, 1.54) is 0 Å². The van der Waals surface area contributed by atoms with Crippen LogP contribution in [0.3, 0.4) is 0 Å².